The molecule has 2 rings (SSSR count). The number of nitrogens with zero attached hydrogens (tertiary/aromatic N) is 1. The van der Waals surface area contributed by atoms with E-state index in [1.807, 2.05) is 37.3 Å². The largest absolute Gasteiger partial charge is 0.384 e. The molecule has 2 atom stereocenters. The van der Waals surface area contributed by atoms with Crippen molar-refractivity contribution >= 4 is 0 Å². The molecule has 0 spiro atoms. The SMILES string of the molecule is CC(CN1CCCCC1)NCC(C)(O)c1ccccc1. The van der Waals surface area contributed by atoms with Crippen molar-refractivity contribution in [3.05, 3.63) is 35.9 Å². The highest BCUT2D eigenvalue weighted by Gasteiger charge is 2.23. The van der Waals surface area contributed by atoms with Crippen molar-refractivity contribution in [1.29, 1.82) is 0 Å². The van der Waals surface area contributed by atoms with E-state index in [1.54, 1.807) is 0 Å². The first kappa shape index (κ1) is 15.5. The molecule has 1 saturated heterocycles. The third-order valence-corrected chi connectivity index (χ3v) is 4.17. The third kappa shape index (κ3) is 4.58. The Morgan fingerprint density at radius 3 is 2.50 bits per heavy atom. The van der Waals surface area contributed by atoms with Crippen LogP contribution in [-0.4, -0.2) is 42.2 Å². The number of likely N-dealkylation sites (tertiary alicyclic amines) is 1. The second kappa shape index (κ2) is 7.21. The maximum atomic E-state index is 10.6. The lowest BCUT2D eigenvalue weighted by Crippen LogP contribution is -2.45. The Morgan fingerprint density at radius 2 is 1.85 bits per heavy atom. The van der Waals surface area contributed by atoms with Crippen LogP contribution in [0.1, 0.15) is 38.7 Å². The molecule has 0 amide bonds. The standard InChI is InChI=1S/C17H28N2O/c1-15(13-19-11-7-4-8-12-19)18-14-17(2,20)16-9-5-3-6-10-16/h3,5-6,9-10,15,18,20H,4,7-8,11-14H2,1-2H3. The summed E-state index contributed by atoms with van der Waals surface area (Å²) in [6, 6.07) is 10.3. The highest BCUT2D eigenvalue weighted by Crippen LogP contribution is 2.19. The quantitative estimate of drug-likeness (QED) is 0.837. The van der Waals surface area contributed by atoms with Gasteiger partial charge < -0.3 is 15.3 Å². The molecule has 20 heavy (non-hydrogen) atoms. The Kier molecular flexibility index (Phi) is 5.58. The van der Waals surface area contributed by atoms with E-state index < -0.39 is 5.60 Å². The predicted molar refractivity (Wildman–Crippen MR) is 83.8 cm³/mol. The Hall–Kier alpha value is -0.900. The zero-order valence-electron chi connectivity index (χ0n) is 12.8. The molecule has 0 aromatic heterocycles. The van der Waals surface area contributed by atoms with Gasteiger partial charge in [-0.3, -0.25) is 0 Å². The molecule has 2 N–H and O–H groups in total. The number of hydrogen-bond acceptors (Lipinski definition) is 3. The summed E-state index contributed by atoms with van der Waals surface area (Å²) in [5, 5.41) is 14.0. The highest BCUT2D eigenvalue weighted by molar-refractivity contribution is 5.21. The summed E-state index contributed by atoms with van der Waals surface area (Å²) in [6.45, 7) is 8.19. The number of hydrogen-bond donors (Lipinski definition) is 2. The van der Waals surface area contributed by atoms with E-state index in [0.717, 1.165) is 12.1 Å². The average Bonchev–Trinajstić information content (AvgIpc) is 2.47. The Labute approximate surface area is 123 Å². The molecule has 0 saturated carbocycles. The fraction of sp³-hybridized carbons (Fsp3) is 0.647. The molecule has 3 nitrogen and oxygen atoms in total. The van der Waals surface area contributed by atoms with E-state index in [4.69, 9.17) is 0 Å². The fourth-order valence-electron chi connectivity index (χ4n) is 2.87. The summed E-state index contributed by atoms with van der Waals surface area (Å²) in [5.41, 5.74) is 0.162. The van der Waals surface area contributed by atoms with E-state index in [9.17, 15) is 5.11 Å². The van der Waals surface area contributed by atoms with Gasteiger partial charge in [-0.05, 0) is 45.3 Å². The summed E-state index contributed by atoms with van der Waals surface area (Å²) in [6.07, 6.45) is 4.03. The lowest BCUT2D eigenvalue weighted by molar-refractivity contribution is 0.0524. The normalized spacial score (nSPS) is 21.4. The lowest BCUT2D eigenvalue weighted by atomic mass is 9.96. The van der Waals surface area contributed by atoms with Crippen LogP contribution in [0.2, 0.25) is 0 Å². The van der Waals surface area contributed by atoms with Gasteiger partial charge in [0.15, 0.2) is 0 Å². The predicted octanol–water partition coefficient (Wildman–Crippen LogP) is 2.36. The zero-order chi connectivity index (χ0) is 14.4. The van der Waals surface area contributed by atoms with Gasteiger partial charge in [0.1, 0.15) is 0 Å². The van der Waals surface area contributed by atoms with Crippen LogP contribution in [0.25, 0.3) is 0 Å². The van der Waals surface area contributed by atoms with Crippen LogP contribution in [0.3, 0.4) is 0 Å². The van der Waals surface area contributed by atoms with Crippen molar-refractivity contribution in [2.24, 2.45) is 0 Å². The van der Waals surface area contributed by atoms with Gasteiger partial charge in [0, 0.05) is 19.1 Å². The Morgan fingerprint density at radius 1 is 1.20 bits per heavy atom. The molecule has 0 aliphatic carbocycles. The van der Waals surface area contributed by atoms with E-state index in [0.29, 0.717) is 12.6 Å². The molecule has 1 aromatic rings. The second-order valence-corrected chi connectivity index (χ2v) is 6.28. The Bertz CT molecular complexity index is 385. The van der Waals surface area contributed by atoms with Crippen LogP contribution in [-0.2, 0) is 5.60 Å². The molecule has 1 aromatic carbocycles. The summed E-state index contributed by atoms with van der Waals surface area (Å²) in [4.78, 5) is 2.53. The van der Waals surface area contributed by atoms with Crippen LogP contribution in [0.5, 0.6) is 0 Å². The molecule has 0 bridgehead atoms. The number of rotatable bonds is 6. The summed E-state index contributed by atoms with van der Waals surface area (Å²) in [5.74, 6) is 0. The first-order valence-corrected chi connectivity index (χ1v) is 7.81. The van der Waals surface area contributed by atoms with E-state index in [-0.39, 0.29) is 0 Å². The van der Waals surface area contributed by atoms with Gasteiger partial charge in [-0.2, -0.15) is 0 Å². The third-order valence-electron chi connectivity index (χ3n) is 4.17. The van der Waals surface area contributed by atoms with Crippen LogP contribution >= 0.6 is 0 Å². The minimum atomic E-state index is -0.808. The molecule has 112 valence electrons. The molecule has 0 radical (unpaired) electrons. The van der Waals surface area contributed by atoms with Crippen LogP contribution < -0.4 is 5.32 Å². The summed E-state index contributed by atoms with van der Waals surface area (Å²) < 4.78 is 0. The smallest absolute Gasteiger partial charge is 0.0992 e. The molecular formula is C17H28N2O. The number of nitrogens with one attached hydrogen (secondary N) is 1. The zero-order valence-corrected chi connectivity index (χ0v) is 12.8. The fourth-order valence-corrected chi connectivity index (χ4v) is 2.87. The average molecular weight is 276 g/mol. The second-order valence-electron chi connectivity index (χ2n) is 6.28. The monoisotopic (exact) mass is 276 g/mol. The molecule has 1 aliphatic rings. The number of benzene rings is 1. The minimum absolute atomic E-state index is 0.406. The van der Waals surface area contributed by atoms with Crippen molar-refractivity contribution in [2.75, 3.05) is 26.2 Å². The number of piperidine rings is 1. The molecule has 1 fully saturated rings. The molecule has 2 unspecified atom stereocenters. The molecule has 3 heteroatoms. The van der Waals surface area contributed by atoms with Gasteiger partial charge in [0.25, 0.3) is 0 Å². The molecule has 1 aliphatic heterocycles. The van der Waals surface area contributed by atoms with Gasteiger partial charge in [0.2, 0.25) is 0 Å². The van der Waals surface area contributed by atoms with Crippen molar-refractivity contribution in [2.45, 2.75) is 44.8 Å². The van der Waals surface area contributed by atoms with Crippen molar-refractivity contribution in [3.63, 3.8) is 0 Å². The summed E-state index contributed by atoms with van der Waals surface area (Å²) in [7, 11) is 0. The van der Waals surface area contributed by atoms with Crippen LogP contribution in [0, 0.1) is 0 Å². The molecule has 1 heterocycles. The summed E-state index contributed by atoms with van der Waals surface area (Å²) >= 11 is 0. The maximum absolute atomic E-state index is 10.6. The van der Waals surface area contributed by atoms with Crippen molar-refractivity contribution in [3.8, 4) is 0 Å². The Balaban J connectivity index is 1.78. The topological polar surface area (TPSA) is 35.5 Å². The number of aliphatic hydroxyl groups is 1. The minimum Gasteiger partial charge on any atom is -0.384 e. The molecular weight excluding hydrogens is 248 g/mol. The van der Waals surface area contributed by atoms with Crippen LogP contribution in [0.4, 0.5) is 0 Å². The van der Waals surface area contributed by atoms with E-state index in [2.05, 4.69) is 17.1 Å². The maximum Gasteiger partial charge on any atom is 0.0992 e. The van der Waals surface area contributed by atoms with Gasteiger partial charge in [-0.25, -0.2) is 0 Å². The highest BCUT2D eigenvalue weighted by atomic mass is 16.3. The van der Waals surface area contributed by atoms with E-state index in [1.165, 1.54) is 32.4 Å². The van der Waals surface area contributed by atoms with Gasteiger partial charge in [-0.1, -0.05) is 36.8 Å². The van der Waals surface area contributed by atoms with Crippen molar-refractivity contribution < 1.29 is 5.11 Å². The van der Waals surface area contributed by atoms with Gasteiger partial charge in [-0.15, -0.1) is 0 Å². The first-order chi connectivity index (χ1) is 9.58. The first-order valence-electron chi connectivity index (χ1n) is 7.81. The van der Waals surface area contributed by atoms with Gasteiger partial charge >= 0.3 is 0 Å². The van der Waals surface area contributed by atoms with E-state index >= 15 is 0 Å². The van der Waals surface area contributed by atoms with Gasteiger partial charge in [0.05, 0.1) is 5.60 Å². The van der Waals surface area contributed by atoms with Crippen molar-refractivity contribution in [1.82, 2.24) is 10.2 Å². The van der Waals surface area contributed by atoms with Crippen LogP contribution in [0.15, 0.2) is 30.3 Å². The lowest BCUT2D eigenvalue weighted by Gasteiger charge is -2.31.